The molecule has 0 aliphatic carbocycles. The average molecular weight is 412 g/mol. The van der Waals surface area contributed by atoms with Crippen molar-refractivity contribution in [1.29, 1.82) is 0 Å². The Morgan fingerprint density at radius 3 is 1.90 bits per heavy atom. The number of nitrogens with zero attached hydrogens (tertiary/aromatic N) is 2. The molecule has 1 heterocycles. The van der Waals surface area contributed by atoms with Crippen LogP contribution in [-0.2, 0) is 9.20 Å². The quantitative estimate of drug-likeness (QED) is 0.439. The van der Waals surface area contributed by atoms with Crippen LogP contribution in [0, 0.1) is 0 Å². The molecule has 1 aliphatic rings. The molecule has 126 valence electrons. The molecule has 0 fully saturated rings. The number of hydrogen-bond acceptors (Lipinski definition) is 2. The fourth-order valence-corrected chi connectivity index (χ4v) is 1.83. The summed E-state index contributed by atoms with van der Waals surface area (Å²) < 4.78 is 0. The third-order valence-corrected chi connectivity index (χ3v) is 2.74. The van der Waals surface area contributed by atoms with E-state index in [1.807, 2.05) is 0 Å². The van der Waals surface area contributed by atoms with Crippen LogP contribution >= 0.6 is 40.4 Å². The molecule has 20 heavy (non-hydrogen) atoms. The molecule has 8 heteroatoms. The minimum atomic E-state index is -2.61. The molecule has 0 amide bonds. The fraction of sp³-hybridized carbons (Fsp3) is 0.833. The Balaban J connectivity index is 0. The first-order valence-electron chi connectivity index (χ1n) is 6.49. The van der Waals surface area contributed by atoms with Crippen molar-refractivity contribution in [2.24, 2.45) is 0 Å². The number of unbranched alkanes of at least 4 members (excludes halogenated alkanes) is 5. The van der Waals surface area contributed by atoms with E-state index in [1.54, 1.807) is 0 Å². The van der Waals surface area contributed by atoms with Gasteiger partial charge in [0.2, 0.25) is 0 Å². The minimum absolute atomic E-state index is 0. The summed E-state index contributed by atoms with van der Waals surface area (Å²) in [7, 11) is 19.3. The van der Waals surface area contributed by atoms with Crippen molar-refractivity contribution in [3.05, 3.63) is 12.4 Å². The van der Waals surface area contributed by atoms with Gasteiger partial charge in [-0.2, -0.15) is 0 Å². The third-order valence-electron chi connectivity index (χ3n) is 2.74. The maximum atomic E-state index is 4.95. The first kappa shape index (κ1) is 23.2. The van der Waals surface area contributed by atoms with Gasteiger partial charge in [-0.15, -0.1) is 0 Å². The average Bonchev–Trinajstić information content (AvgIpc) is 2.67. The molecular formula is C12H26Cl4FeN2O. The first-order valence-corrected chi connectivity index (χ1v) is 12.6. The molecule has 1 aliphatic heterocycles. The zero-order valence-corrected chi connectivity index (χ0v) is 16.2. The zero-order chi connectivity index (χ0) is 14.7. The summed E-state index contributed by atoms with van der Waals surface area (Å²) in [4.78, 5) is 4.61. The molecule has 0 radical (unpaired) electrons. The van der Waals surface area contributed by atoms with Crippen LogP contribution < -0.4 is 0 Å². The molecule has 0 saturated heterocycles. The molecule has 0 spiro atoms. The second-order valence-corrected chi connectivity index (χ2v) is 15.5. The van der Waals surface area contributed by atoms with E-state index < -0.39 is 9.20 Å². The predicted molar refractivity (Wildman–Crippen MR) is 88.9 cm³/mol. The van der Waals surface area contributed by atoms with Crippen LogP contribution in [0.2, 0.25) is 0 Å². The summed E-state index contributed by atoms with van der Waals surface area (Å²) in [5, 5.41) is 0. The topological polar surface area (TPSA) is 38.0 Å². The van der Waals surface area contributed by atoms with E-state index in [9.17, 15) is 0 Å². The van der Waals surface area contributed by atoms with Gasteiger partial charge in [-0.1, -0.05) is 39.0 Å². The van der Waals surface area contributed by atoms with Gasteiger partial charge < -0.3 is 15.3 Å². The summed E-state index contributed by atoms with van der Waals surface area (Å²) in [6.07, 6.45) is 12.7. The van der Waals surface area contributed by atoms with Crippen molar-refractivity contribution in [3.63, 3.8) is 0 Å². The molecule has 3 nitrogen and oxygen atoms in total. The Labute approximate surface area is 142 Å². The summed E-state index contributed by atoms with van der Waals surface area (Å²) in [5.74, 6) is 0. The molecule has 0 bridgehead atoms. The van der Waals surface area contributed by atoms with Gasteiger partial charge in [0.05, 0.1) is 6.67 Å². The molecule has 0 unspecified atom stereocenters. The van der Waals surface area contributed by atoms with E-state index in [2.05, 4.69) is 36.2 Å². The van der Waals surface area contributed by atoms with E-state index in [-0.39, 0.29) is 5.48 Å². The van der Waals surface area contributed by atoms with E-state index in [0.717, 1.165) is 6.67 Å². The van der Waals surface area contributed by atoms with E-state index in [1.165, 1.54) is 45.1 Å². The number of rotatable bonds is 7. The molecule has 1 rings (SSSR count). The second-order valence-electron chi connectivity index (χ2n) is 4.58. The summed E-state index contributed by atoms with van der Waals surface area (Å²) in [5.41, 5.74) is 0. The summed E-state index contributed by atoms with van der Waals surface area (Å²) in [6.45, 7) is 4.58. The molecule has 0 aromatic heterocycles. The fourth-order valence-electron chi connectivity index (χ4n) is 1.83. The van der Waals surface area contributed by atoms with E-state index in [0.29, 0.717) is 0 Å². The molecule has 0 saturated carbocycles. The summed E-state index contributed by atoms with van der Waals surface area (Å²) in [6, 6.07) is 0. The number of hydrogen-bond donors (Lipinski definition) is 0. The van der Waals surface area contributed by atoms with Crippen molar-refractivity contribution < 1.29 is 14.7 Å². The van der Waals surface area contributed by atoms with Crippen LogP contribution in [0.5, 0.6) is 0 Å². The molecule has 0 atom stereocenters. The van der Waals surface area contributed by atoms with Gasteiger partial charge >= 0.3 is 49.6 Å². The Bertz CT molecular complexity index is 246. The van der Waals surface area contributed by atoms with Gasteiger partial charge in [-0.3, -0.25) is 0 Å². The molecular weight excluding hydrogens is 386 g/mol. The van der Waals surface area contributed by atoms with Crippen LogP contribution in [-0.4, -0.2) is 35.5 Å². The van der Waals surface area contributed by atoms with Crippen molar-refractivity contribution in [1.82, 2.24) is 9.80 Å². The standard InChI is InChI=1S/C12H24N2.4ClH.Fe.H2O/c1-3-4-5-6-7-8-9-14-11-10-13(2)12-14;;;;;;/h10-11H,3-9,12H2,1-2H3;4*1H;;1H2/q;;;;;+4;/p-4. The molecule has 2 N–H and O–H groups in total. The number of halogens is 4. The SMILES string of the molecule is CCCCCCCCN1C=CN(C)C1.O.[Cl][Fe]([Cl])([Cl])[Cl]. The Morgan fingerprint density at radius 2 is 1.45 bits per heavy atom. The Morgan fingerprint density at radius 1 is 0.950 bits per heavy atom. The first-order chi connectivity index (χ1) is 8.83. The Hall–Kier alpha value is 0.979. The van der Waals surface area contributed by atoms with Crippen LogP contribution in [0.15, 0.2) is 12.4 Å². The maximum absolute atomic E-state index is 4.95. The van der Waals surface area contributed by atoms with E-state index in [4.69, 9.17) is 40.4 Å². The van der Waals surface area contributed by atoms with Crippen molar-refractivity contribution in [2.75, 3.05) is 20.3 Å². The van der Waals surface area contributed by atoms with Crippen molar-refractivity contribution >= 4 is 40.4 Å². The van der Waals surface area contributed by atoms with Gasteiger partial charge in [0.15, 0.2) is 0 Å². The predicted octanol–water partition coefficient (Wildman–Crippen LogP) is 4.95. The van der Waals surface area contributed by atoms with Crippen LogP contribution in [0.1, 0.15) is 45.4 Å². The van der Waals surface area contributed by atoms with Gasteiger partial charge in [0.25, 0.3) is 0 Å². The van der Waals surface area contributed by atoms with Crippen LogP contribution in [0.3, 0.4) is 0 Å². The normalized spacial score (nSPS) is 14.7. The molecule has 0 aromatic carbocycles. The van der Waals surface area contributed by atoms with Gasteiger partial charge in [0, 0.05) is 26.0 Å². The zero-order valence-electron chi connectivity index (χ0n) is 12.1. The van der Waals surface area contributed by atoms with Crippen LogP contribution in [0.25, 0.3) is 0 Å². The Kier molecular flexibility index (Phi) is 15.8. The third kappa shape index (κ3) is 19.0. The monoisotopic (exact) mass is 410 g/mol. The van der Waals surface area contributed by atoms with Gasteiger partial charge in [0.1, 0.15) is 0 Å². The van der Waals surface area contributed by atoms with Gasteiger partial charge in [-0.05, 0) is 6.42 Å². The molecule has 0 aromatic rings. The van der Waals surface area contributed by atoms with Crippen molar-refractivity contribution in [3.8, 4) is 0 Å². The van der Waals surface area contributed by atoms with Gasteiger partial charge in [-0.25, -0.2) is 0 Å². The second kappa shape index (κ2) is 13.6. The summed E-state index contributed by atoms with van der Waals surface area (Å²) >= 11 is 0. The van der Waals surface area contributed by atoms with E-state index >= 15 is 0 Å². The van der Waals surface area contributed by atoms with Crippen molar-refractivity contribution in [2.45, 2.75) is 45.4 Å². The van der Waals surface area contributed by atoms with Crippen LogP contribution in [0.4, 0.5) is 0 Å².